The summed E-state index contributed by atoms with van der Waals surface area (Å²) in [6.07, 6.45) is 6.38. The van der Waals surface area contributed by atoms with Gasteiger partial charge in [0.25, 0.3) is 0 Å². The van der Waals surface area contributed by atoms with Crippen LogP contribution in [0.4, 0.5) is 15.3 Å². The Morgan fingerprint density at radius 3 is 2.40 bits per heavy atom. The predicted octanol–water partition coefficient (Wildman–Crippen LogP) is 4.22. The highest BCUT2D eigenvalue weighted by Gasteiger charge is 2.39. The number of fused-ring (bicyclic) bond motifs is 1. The summed E-state index contributed by atoms with van der Waals surface area (Å²) in [5.41, 5.74) is 5.67. The SMILES string of the molecule is CCc1ccc(C[C@@H](NC(=O)ON2CCC(N3CCc4ccccc4NC3=O)CC2)C(=O)N2CC(N3CCCC3)C2)cc1CC. The molecule has 1 atom stereocenters. The molecule has 45 heavy (non-hydrogen) atoms. The molecule has 2 aromatic rings. The third-order valence-corrected chi connectivity index (χ3v) is 10.1. The molecule has 6 rings (SSSR count). The van der Waals surface area contributed by atoms with Crippen LogP contribution in [0.2, 0.25) is 0 Å². The van der Waals surface area contributed by atoms with E-state index >= 15 is 0 Å². The van der Waals surface area contributed by atoms with Crippen molar-refractivity contribution in [1.82, 2.24) is 25.1 Å². The smallest absolute Gasteiger partial charge is 0.351 e. The fourth-order valence-corrected chi connectivity index (χ4v) is 7.38. The van der Waals surface area contributed by atoms with E-state index < -0.39 is 12.1 Å². The van der Waals surface area contributed by atoms with Gasteiger partial charge in [-0.1, -0.05) is 50.2 Å². The Morgan fingerprint density at radius 2 is 1.67 bits per heavy atom. The first-order chi connectivity index (χ1) is 21.9. The van der Waals surface area contributed by atoms with E-state index in [9.17, 15) is 14.4 Å². The van der Waals surface area contributed by atoms with Crippen molar-refractivity contribution in [2.24, 2.45) is 0 Å². The summed E-state index contributed by atoms with van der Waals surface area (Å²) in [7, 11) is 0. The summed E-state index contributed by atoms with van der Waals surface area (Å²) in [6.45, 7) is 9.65. The molecule has 10 heteroatoms. The minimum absolute atomic E-state index is 0.0492. The van der Waals surface area contributed by atoms with E-state index in [1.54, 1.807) is 5.06 Å². The number of carbonyl (C=O) groups is 3. The lowest BCUT2D eigenvalue weighted by Gasteiger charge is -2.45. The molecule has 4 heterocycles. The molecular formula is C35H48N6O4. The predicted molar refractivity (Wildman–Crippen MR) is 174 cm³/mol. The molecule has 4 aliphatic rings. The minimum Gasteiger partial charge on any atom is -0.351 e. The van der Waals surface area contributed by atoms with E-state index in [2.05, 4.69) is 53.6 Å². The number of likely N-dealkylation sites (tertiary alicyclic amines) is 2. The maximum absolute atomic E-state index is 13.7. The van der Waals surface area contributed by atoms with Crippen molar-refractivity contribution in [2.45, 2.75) is 83.3 Å². The van der Waals surface area contributed by atoms with Crippen molar-refractivity contribution in [3.8, 4) is 0 Å². The average molecular weight is 617 g/mol. The zero-order valence-electron chi connectivity index (χ0n) is 26.8. The molecule has 0 bridgehead atoms. The molecule has 2 aromatic carbocycles. The van der Waals surface area contributed by atoms with Crippen molar-refractivity contribution < 1.29 is 19.2 Å². The molecule has 10 nitrogen and oxygen atoms in total. The van der Waals surface area contributed by atoms with Crippen LogP contribution >= 0.6 is 0 Å². The lowest BCUT2D eigenvalue weighted by Crippen LogP contribution is -2.64. The Balaban J connectivity index is 1.05. The molecule has 0 spiro atoms. The van der Waals surface area contributed by atoms with Gasteiger partial charge < -0.3 is 25.3 Å². The molecule has 4 aliphatic heterocycles. The summed E-state index contributed by atoms with van der Waals surface area (Å²) in [5, 5.41) is 7.65. The molecule has 0 radical (unpaired) electrons. The van der Waals surface area contributed by atoms with Gasteiger partial charge in [-0.25, -0.2) is 9.59 Å². The van der Waals surface area contributed by atoms with Crippen molar-refractivity contribution in [3.05, 3.63) is 64.7 Å². The monoisotopic (exact) mass is 616 g/mol. The fourth-order valence-electron chi connectivity index (χ4n) is 7.38. The number of hydroxylamine groups is 2. The largest absolute Gasteiger partial charge is 0.426 e. The van der Waals surface area contributed by atoms with Gasteiger partial charge in [0.1, 0.15) is 6.04 Å². The van der Waals surface area contributed by atoms with Crippen molar-refractivity contribution in [1.29, 1.82) is 0 Å². The number of para-hydroxylation sites is 1. The number of benzene rings is 2. The number of aryl methyl sites for hydroxylation is 2. The maximum Gasteiger partial charge on any atom is 0.426 e. The van der Waals surface area contributed by atoms with E-state index in [0.717, 1.165) is 49.2 Å². The first-order valence-corrected chi connectivity index (χ1v) is 16.9. The second kappa shape index (κ2) is 14.2. The molecule has 242 valence electrons. The standard InChI is InChI=1S/C35H48N6O4/c1-3-26-12-11-25(21-27(26)4-2)22-32(33(42)39-23-30(24-39)38-16-7-8-17-38)37-35(44)45-40-18-14-29(15-19-40)41-20-13-28-9-5-6-10-31(28)36-34(41)43/h5-6,9-12,21,29-30,32H,3-4,7-8,13-20,22-24H2,1-2H3,(H,36,43)(H,37,44)/t32-/m1/s1. The van der Waals surface area contributed by atoms with Crippen molar-refractivity contribution in [3.63, 3.8) is 0 Å². The number of rotatable bonds is 9. The Labute approximate surface area is 267 Å². The molecule has 0 saturated carbocycles. The lowest BCUT2D eigenvalue weighted by atomic mass is 9.95. The van der Waals surface area contributed by atoms with Crippen LogP contribution in [0.5, 0.6) is 0 Å². The Bertz CT molecular complexity index is 1360. The van der Waals surface area contributed by atoms with E-state index in [0.29, 0.717) is 58.0 Å². The highest BCUT2D eigenvalue weighted by Crippen LogP contribution is 2.25. The van der Waals surface area contributed by atoms with Gasteiger partial charge in [0.2, 0.25) is 5.91 Å². The zero-order chi connectivity index (χ0) is 31.3. The van der Waals surface area contributed by atoms with Crippen LogP contribution in [0.1, 0.15) is 61.8 Å². The summed E-state index contributed by atoms with van der Waals surface area (Å²) in [4.78, 5) is 52.0. The van der Waals surface area contributed by atoms with E-state index in [4.69, 9.17) is 4.84 Å². The number of nitrogens with one attached hydrogen (secondary N) is 2. The number of piperidine rings is 1. The van der Waals surface area contributed by atoms with Crippen LogP contribution < -0.4 is 10.6 Å². The molecule has 0 unspecified atom stereocenters. The van der Waals surface area contributed by atoms with E-state index in [-0.39, 0.29) is 18.0 Å². The topological polar surface area (TPSA) is 97.5 Å². The van der Waals surface area contributed by atoms with Gasteiger partial charge in [-0.2, -0.15) is 0 Å². The summed E-state index contributed by atoms with van der Waals surface area (Å²) >= 11 is 0. The van der Waals surface area contributed by atoms with Crippen LogP contribution in [-0.2, 0) is 35.3 Å². The molecule has 3 saturated heterocycles. The third kappa shape index (κ3) is 7.28. The van der Waals surface area contributed by atoms with Crippen molar-refractivity contribution in [2.75, 3.05) is 51.1 Å². The number of carbonyl (C=O) groups excluding carboxylic acids is 3. The minimum atomic E-state index is -0.700. The number of amides is 4. The molecule has 0 aliphatic carbocycles. The number of anilines is 1. The fraction of sp³-hybridized carbons (Fsp3) is 0.571. The quantitative estimate of drug-likeness (QED) is 0.438. The Morgan fingerprint density at radius 1 is 0.933 bits per heavy atom. The van der Waals surface area contributed by atoms with Crippen molar-refractivity contribution >= 4 is 23.7 Å². The summed E-state index contributed by atoms with van der Waals surface area (Å²) < 4.78 is 0. The normalized spacial score (nSPS) is 20.6. The van der Waals surface area contributed by atoms with Gasteiger partial charge in [0.15, 0.2) is 0 Å². The molecular weight excluding hydrogens is 568 g/mol. The number of hydrogen-bond donors (Lipinski definition) is 2. The number of urea groups is 1. The molecule has 0 aromatic heterocycles. The summed E-state index contributed by atoms with van der Waals surface area (Å²) in [5.74, 6) is -0.0492. The first kappa shape index (κ1) is 31.4. The van der Waals surface area contributed by atoms with Crippen LogP contribution in [0.25, 0.3) is 0 Å². The molecule has 4 amide bonds. The average Bonchev–Trinajstić information content (AvgIpc) is 3.49. The summed E-state index contributed by atoms with van der Waals surface area (Å²) in [6, 6.07) is 14.1. The third-order valence-electron chi connectivity index (χ3n) is 10.1. The second-order valence-corrected chi connectivity index (χ2v) is 12.9. The van der Waals surface area contributed by atoms with Crippen LogP contribution in [-0.4, -0.2) is 102 Å². The van der Waals surface area contributed by atoms with Gasteiger partial charge in [0.05, 0.1) is 0 Å². The Hall–Kier alpha value is -3.63. The van der Waals surface area contributed by atoms with Gasteiger partial charge in [-0.05, 0) is 86.4 Å². The Kier molecular flexibility index (Phi) is 9.90. The number of hydrogen-bond acceptors (Lipinski definition) is 6. The van der Waals surface area contributed by atoms with Gasteiger partial charge in [-0.3, -0.25) is 9.69 Å². The van der Waals surface area contributed by atoms with Gasteiger partial charge in [-0.15, -0.1) is 5.06 Å². The highest BCUT2D eigenvalue weighted by atomic mass is 16.7. The van der Waals surface area contributed by atoms with E-state index in [1.807, 2.05) is 28.0 Å². The highest BCUT2D eigenvalue weighted by molar-refractivity contribution is 5.91. The molecule has 2 N–H and O–H groups in total. The van der Waals surface area contributed by atoms with Crippen LogP contribution in [0, 0.1) is 0 Å². The zero-order valence-corrected chi connectivity index (χ0v) is 26.8. The number of nitrogens with zero attached hydrogens (tertiary/aromatic N) is 4. The van der Waals surface area contributed by atoms with E-state index in [1.165, 1.54) is 24.0 Å². The lowest BCUT2D eigenvalue weighted by molar-refractivity contribution is -0.142. The maximum atomic E-state index is 13.7. The van der Waals surface area contributed by atoms with Crippen LogP contribution in [0.15, 0.2) is 42.5 Å². The first-order valence-electron chi connectivity index (χ1n) is 16.9. The molecule has 3 fully saturated rings. The van der Waals surface area contributed by atoms with Crippen LogP contribution in [0.3, 0.4) is 0 Å². The van der Waals surface area contributed by atoms with Gasteiger partial charge >= 0.3 is 12.1 Å². The van der Waals surface area contributed by atoms with Gasteiger partial charge in [0, 0.05) is 56.9 Å². The second-order valence-electron chi connectivity index (χ2n) is 12.9.